The van der Waals surface area contributed by atoms with Crippen LogP contribution in [-0.2, 0) is 0 Å². The number of rotatable bonds is 3. The van der Waals surface area contributed by atoms with E-state index in [9.17, 15) is 4.79 Å². The molecule has 0 bridgehead atoms. The summed E-state index contributed by atoms with van der Waals surface area (Å²) >= 11 is 1.41. The summed E-state index contributed by atoms with van der Waals surface area (Å²) in [5.41, 5.74) is 4.52. The number of thiazole rings is 1. The van der Waals surface area contributed by atoms with Gasteiger partial charge in [-0.05, 0) is 37.6 Å². The van der Waals surface area contributed by atoms with Crippen LogP contribution < -0.4 is 5.32 Å². The van der Waals surface area contributed by atoms with Crippen molar-refractivity contribution in [2.45, 2.75) is 13.8 Å². The Morgan fingerprint density at radius 1 is 1.23 bits per heavy atom. The number of carbonyl (C=O) groups excluding carboxylic acids is 1. The van der Waals surface area contributed by atoms with Crippen LogP contribution in [0.1, 0.15) is 21.5 Å². The lowest BCUT2D eigenvalue weighted by atomic mass is 10.1. The third kappa shape index (κ3) is 3.04. The number of hydrogen-bond donors (Lipinski definition) is 1. The Balaban J connectivity index is 1.79. The first-order valence-corrected chi connectivity index (χ1v) is 7.76. The Labute approximate surface area is 132 Å². The van der Waals surface area contributed by atoms with Crippen molar-refractivity contribution >= 4 is 22.4 Å². The van der Waals surface area contributed by atoms with Gasteiger partial charge in [0.1, 0.15) is 0 Å². The van der Waals surface area contributed by atoms with E-state index in [2.05, 4.69) is 15.3 Å². The molecule has 110 valence electrons. The molecule has 0 aliphatic rings. The molecule has 3 aromatic rings. The summed E-state index contributed by atoms with van der Waals surface area (Å²) in [5, 5.41) is 5.35. The van der Waals surface area contributed by atoms with Gasteiger partial charge in [0.15, 0.2) is 5.13 Å². The van der Waals surface area contributed by atoms with E-state index in [1.54, 1.807) is 12.4 Å². The summed E-state index contributed by atoms with van der Waals surface area (Å²) in [4.78, 5) is 20.9. The van der Waals surface area contributed by atoms with Crippen LogP contribution in [0, 0.1) is 13.8 Å². The van der Waals surface area contributed by atoms with Crippen LogP contribution in [0.15, 0.2) is 48.1 Å². The van der Waals surface area contributed by atoms with E-state index in [0.29, 0.717) is 10.7 Å². The maximum atomic E-state index is 12.3. The molecule has 0 atom stereocenters. The smallest absolute Gasteiger partial charge is 0.257 e. The van der Waals surface area contributed by atoms with Gasteiger partial charge < -0.3 is 0 Å². The molecule has 1 amide bonds. The van der Waals surface area contributed by atoms with Gasteiger partial charge in [-0.2, -0.15) is 0 Å². The lowest BCUT2D eigenvalue weighted by Crippen LogP contribution is -2.13. The quantitative estimate of drug-likeness (QED) is 0.793. The first-order chi connectivity index (χ1) is 10.6. The van der Waals surface area contributed by atoms with Crippen LogP contribution in [0.25, 0.3) is 11.3 Å². The fourth-order valence-electron chi connectivity index (χ4n) is 2.21. The SMILES string of the molecule is Cc1ccc(C(=O)Nc2nc(-c3cccnc3)cs2)c(C)c1. The summed E-state index contributed by atoms with van der Waals surface area (Å²) < 4.78 is 0. The van der Waals surface area contributed by atoms with Gasteiger partial charge in [0.05, 0.1) is 5.69 Å². The number of pyridine rings is 1. The third-order valence-electron chi connectivity index (χ3n) is 3.31. The minimum atomic E-state index is -0.135. The fourth-order valence-corrected chi connectivity index (χ4v) is 2.93. The van der Waals surface area contributed by atoms with Gasteiger partial charge in [-0.25, -0.2) is 4.98 Å². The van der Waals surface area contributed by atoms with Gasteiger partial charge in [-0.15, -0.1) is 11.3 Å². The van der Waals surface area contributed by atoms with Crippen molar-refractivity contribution in [2.75, 3.05) is 5.32 Å². The number of nitrogens with zero attached hydrogens (tertiary/aromatic N) is 2. The Hall–Kier alpha value is -2.53. The molecule has 2 aromatic heterocycles. The lowest BCUT2D eigenvalue weighted by molar-refractivity contribution is 0.102. The monoisotopic (exact) mass is 309 g/mol. The molecule has 0 spiro atoms. The molecule has 0 radical (unpaired) electrons. The molecule has 22 heavy (non-hydrogen) atoms. The van der Waals surface area contributed by atoms with Crippen LogP contribution in [0.2, 0.25) is 0 Å². The molecule has 0 unspecified atom stereocenters. The highest BCUT2D eigenvalue weighted by Gasteiger charge is 2.12. The summed E-state index contributed by atoms with van der Waals surface area (Å²) in [5.74, 6) is -0.135. The van der Waals surface area contributed by atoms with Crippen molar-refractivity contribution in [3.05, 3.63) is 64.8 Å². The van der Waals surface area contributed by atoms with Crippen molar-refractivity contribution in [1.29, 1.82) is 0 Å². The van der Waals surface area contributed by atoms with Gasteiger partial charge in [-0.3, -0.25) is 15.1 Å². The van der Waals surface area contributed by atoms with Crippen LogP contribution in [0.3, 0.4) is 0 Å². The minimum absolute atomic E-state index is 0.135. The predicted octanol–water partition coefficient (Wildman–Crippen LogP) is 4.07. The van der Waals surface area contributed by atoms with E-state index in [0.717, 1.165) is 22.4 Å². The predicted molar refractivity (Wildman–Crippen MR) is 89.2 cm³/mol. The zero-order valence-electron chi connectivity index (χ0n) is 12.3. The van der Waals surface area contributed by atoms with Crippen molar-refractivity contribution in [2.24, 2.45) is 0 Å². The maximum Gasteiger partial charge on any atom is 0.257 e. The number of aromatic nitrogens is 2. The highest BCUT2D eigenvalue weighted by atomic mass is 32.1. The maximum absolute atomic E-state index is 12.3. The Kier molecular flexibility index (Phi) is 3.98. The van der Waals surface area contributed by atoms with E-state index in [1.165, 1.54) is 11.3 Å². The van der Waals surface area contributed by atoms with E-state index < -0.39 is 0 Å². The molecule has 1 aromatic carbocycles. The number of carbonyl (C=O) groups is 1. The average Bonchev–Trinajstić information content (AvgIpc) is 2.96. The molecular formula is C17H15N3OS. The van der Waals surface area contributed by atoms with Crippen LogP contribution in [-0.4, -0.2) is 15.9 Å². The molecule has 4 nitrogen and oxygen atoms in total. The van der Waals surface area contributed by atoms with Gasteiger partial charge in [0.2, 0.25) is 0 Å². The Morgan fingerprint density at radius 2 is 2.09 bits per heavy atom. The van der Waals surface area contributed by atoms with Crippen molar-refractivity contribution in [1.82, 2.24) is 9.97 Å². The number of benzene rings is 1. The topological polar surface area (TPSA) is 54.9 Å². The molecule has 0 saturated heterocycles. The van der Waals surface area contributed by atoms with E-state index in [-0.39, 0.29) is 5.91 Å². The number of anilines is 1. The summed E-state index contributed by atoms with van der Waals surface area (Å²) in [6.07, 6.45) is 3.48. The minimum Gasteiger partial charge on any atom is -0.298 e. The van der Waals surface area contributed by atoms with Gasteiger partial charge in [0, 0.05) is 28.9 Å². The fraction of sp³-hybridized carbons (Fsp3) is 0.118. The molecule has 3 rings (SSSR count). The van der Waals surface area contributed by atoms with Gasteiger partial charge in [0.25, 0.3) is 5.91 Å². The second-order valence-corrected chi connectivity index (χ2v) is 5.91. The van der Waals surface area contributed by atoms with Crippen molar-refractivity contribution in [3.63, 3.8) is 0 Å². The zero-order valence-corrected chi connectivity index (χ0v) is 13.1. The number of aryl methyl sites for hydroxylation is 2. The molecule has 0 saturated carbocycles. The highest BCUT2D eigenvalue weighted by molar-refractivity contribution is 7.14. The number of nitrogens with one attached hydrogen (secondary N) is 1. The normalized spacial score (nSPS) is 10.5. The molecule has 1 N–H and O–H groups in total. The number of hydrogen-bond acceptors (Lipinski definition) is 4. The van der Waals surface area contributed by atoms with Crippen LogP contribution in [0.4, 0.5) is 5.13 Å². The van der Waals surface area contributed by atoms with Gasteiger partial charge in [-0.1, -0.05) is 17.7 Å². The standard InChI is InChI=1S/C17H15N3OS/c1-11-5-6-14(12(2)8-11)16(21)20-17-19-15(10-22-17)13-4-3-7-18-9-13/h3-10H,1-2H3,(H,19,20,21). The largest absolute Gasteiger partial charge is 0.298 e. The zero-order chi connectivity index (χ0) is 15.5. The Bertz CT molecular complexity index is 812. The average molecular weight is 309 g/mol. The molecule has 0 aliphatic heterocycles. The molecule has 0 aliphatic carbocycles. The summed E-state index contributed by atoms with van der Waals surface area (Å²) in [6.45, 7) is 3.94. The van der Waals surface area contributed by atoms with E-state index >= 15 is 0 Å². The second kappa shape index (κ2) is 6.07. The van der Waals surface area contributed by atoms with Crippen LogP contribution >= 0.6 is 11.3 Å². The molecule has 2 heterocycles. The number of amides is 1. The first kappa shape index (κ1) is 14.4. The van der Waals surface area contributed by atoms with E-state index in [1.807, 2.05) is 49.6 Å². The molecule has 0 fully saturated rings. The molecule has 5 heteroatoms. The second-order valence-electron chi connectivity index (χ2n) is 5.05. The van der Waals surface area contributed by atoms with Crippen molar-refractivity contribution in [3.8, 4) is 11.3 Å². The first-order valence-electron chi connectivity index (χ1n) is 6.88. The highest BCUT2D eigenvalue weighted by Crippen LogP contribution is 2.24. The lowest BCUT2D eigenvalue weighted by Gasteiger charge is -2.06. The summed E-state index contributed by atoms with van der Waals surface area (Å²) in [6, 6.07) is 9.58. The molecular weight excluding hydrogens is 294 g/mol. The van der Waals surface area contributed by atoms with Crippen LogP contribution in [0.5, 0.6) is 0 Å². The van der Waals surface area contributed by atoms with Crippen molar-refractivity contribution < 1.29 is 4.79 Å². The Morgan fingerprint density at radius 3 is 2.82 bits per heavy atom. The van der Waals surface area contributed by atoms with E-state index in [4.69, 9.17) is 0 Å². The summed E-state index contributed by atoms with van der Waals surface area (Å²) in [7, 11) is 0. The van der Waals surface area contributed by atoms with Gasteiger partial charge >= 0.3 is 0 Å². The third-order valence-corrected chi connectivity index (χ3v) is 4.07.